The predicted octanol–water partition coefficient (Wildman–Crippen LogP) is 3.03. The van der Waals surface area contributed by atoms with Gasteiger partial charge in [0.2, 0.25) is 0 Å². The average Bonchev–Trinajstić information content (AvgIpc) is 2.66. The van der Waals surface area contributed by atoms with Crippen LogP contribution >= 0.6 is 23.2 Å². The Bertz CT molecular complexity index is 846. The van der Waals surface area contributed by atoms with Crippen LogP contribution in [0.4, 0.5) is 4.79 Å². The third kappa shape index (κ3) is 5.50. The zero-order valence-electron chi connectivity index (χ0n) is 14.5. The van der Waals surface area contributed by atoms with E-state index in [1.54, 1.807) is 18.3 Å². The molecule has 27 heavy (non-hydrogen) atoms. The predicted molar refractivity (Wildman–Crippen MR) is 106 cm³/mol. The first-order valence-electron chi connectivity index (χ1n) is 8.29. The Morgan fingerprint density at radius 2 is 2.07 bits per heavy atom. The summed E-state index contributed by atoms with van der Waals surface area (Å²) in [5, 5.41) is 7.93. The molecule has 2 amide bonds. The molecule has 2 aromatic carbocycles. The smallest absolute Gasteiger partial charge is 0.330 e. The fourth-order valence-corrected chi connectivity index (χ4v) is 2.70. The van der Waals surface area contributed by atoms with Crippen LogP contribution in [0.2, 0.25) is 10.0 Å². The number of hydrazone groups is 1. The van der Waals surface area contributed by atoms with Gasteiger partial charge in [0.05, 0.1) is 22.3 Å². The minimum atomic E-state index is -0.316. The summed E-state index contributed by atoms with van der Waals surface area (Å²) < 4.78 is 5.80. The van der Waals surface area contributed by atoms with Crippen molar-refractivity contribution in [3.8, 4) is 5.75 Å². The Balaban J connectivity index is 1.56. The molecule has 9 heteroatoms. The van der Waals surface area contributed by atoms with Crippen LogP contribution in [0.5, 0.6) is 5.75 Å². The summed E-state index contributed by atoms with van der Waals surface area (Å²) in [7, 11) is 0. The Kier molecular flexibility index (Phi) is 6.39. The Morgan fingerprint density at radius 3 is 2.89 bits per heavy atom. The molecule has 0 aromatic heterocycles. The van der Waals surface area contributed by atoms with Gasteiger partial charge in [0.1, 0.15) is 18.5 Å². The van der Waals surface area contributed by atoms with Crippen LogP contribution in [0.25, 0.3) is 0 Å². The summed E-state index contributed by atoms with van der Waals surface area (Å²) in [5.41, 5.74) is 10.0. The van der Waals surface area contributed by atoms with Gasteiger partial charge in [-0.05, 0) is 42.3 Å². The number of nitrogens with zero attached hydrogens (tertiary/aromatic N) is 1. The quantitative estimate of drug-likeness (QED) is 0.437. The van der Waals surface area contributed by atoms with Gasteiger partial charge in [-0.25, -0.2) is 10.2 Å². The first-order valence-corrected chi connectivity index (χ1v) is 9.04. The second-order valence-corrected chi connectivity index (χ2v) is 6.82. The molecular weight excluding hydrogens is 389 g/mol. The van der Waals surface area contributed by atoms with E-state index in [0.717, 1.165) is 11.1 Å². The number of benzene rings is 2. The van der Waals surface area contributed by atoms with Crippen molar-refractivity contribution < 1.29 is 9.53 Å². The van der Waals surface area contributed by atoms with Gasteiger partial charge in [-0.3, -0.25) is 10.9 Å². The van der Waals surface area contributed by atoms with E-state index in [-0.39, 0.29) is 18.2 Å². The largest absolute Gasteiger partial charge is 0.489 e. The molecule has 0 saturated carbocycles. The van der Waals surface area contributed by atoms with E-state index < -0.39 is 0 Å². The monoisotopic (exact) mass is 407 g/mol. The van der Waals surface area contributed by atoms with Crippen molar-refractivity contribution in [1.82, 2.24) is 21.6 Å². The van der Waals surface area contributed by atoms with Gasteiger partial charge in [0.25, 0.3) is 0 Å². The van der Waals surface area contributed by atoms with Crippen molar-refractivity contribution in [2.75, 3.05) is 0 Å². The van der Waals surface area contributed by atoms with Crippen molar-refractivity contribution in [3.63, 3.8) is 0 Å². The lowest BCUT2D eigenvalue weighted by Gasteiger charge is -2.30. The standard InChI is InChI=1S/C18H19Cl2N5O2/c1-11-17(22-18(26)25-23-11)24-21-9-12-3-2-4-14(7-12)27-10-13-5-6-15(19)16(20)8-13/h2-9,11,17,23-24H,10H2,1H3,(H2,22,25,26)/b21-9+. The molecule has 1 saturated heterocycles. The summed E-state index contributed by atoms with van der Waals surface area (Å²) in [6.07, 6.45) is 1.34. The number of rotatable bonds is 6. The number of ether oxygens (including phenoxy) is 1. The number of amides is 2. The lowest BCUT2D eigenvalue weighted by molar-refractivity contribution is 0.202. The summed E-state index contributed by atoms with van der Waals surface area (Å²) in [6, 6.07) is 12.6. The molecule has 1 aliphatic rings. The van der Waals surface area contributed by atoms with E-state index in [9.17, 15) is 4.79 Å². The summed E-state index contributed by atoms with van der Waals surface area (Å²) in [5.74, 6) is 0.704. The lowest BCUT2D eigenvalue weighted by Crippen LogP contribution is -2.67. The van der Waals surface area contributed by atoms with Crippen molar-refractivity contribution >= 4 is 35.4 Å². The van der Waals surface area contributed by atoms with Crippen molar-refractivity contribution in [2.24, 2.45) is 5.10 Å². The van der Waals surface area contributed by atoms with Crippen molar-refractivity contribution in [2.45, 2.75) is 25.7 Å². The highest BCUT2D eigenvalue weighted by atomic mass is 35.5. The van der Waals surface area contributed by atoms with Gasteiger partial charge in [-0.1, -0.05) is 41.4 Å². The first-order chi connectivity index (χ1) is 13.0. The second-order valence-electron chi connectivity index (χ2n) is 6.01. The van der Waals surface area contributed by atoms with Crippen LogP contribution < -0.4 is 26.3 Å². The third-order valence-electron chi connectivity index (χ3n) is 3.87. The van der Waals surface area contributed by atoms with E-state index in [2.05, 4.69) is 26.7 Å². The fraction of sp³-hybridized carbons (Fsp3) is 0.222. The minimum Gasteiger partial charge on any atom is -0.489 e. The van der Waals surface area contributed by atoms with Gasteiger partial charge in [-0.15, -0.1) is 0 Å². The highest BCUT2D eigenvalue weighted by molar-refractivity contribution is 6.42. The Morgan fingerprint density at radius 1 is 1.22 bits per heavy atom. The highest BCUT2D eigenvalue weighted by Gasteiger charge is 2.23. The fourth-order valence-electron chi connectivity index (χ4n) is 2.38. The van der Waals surface area contributed by atoms with Gasteiger partial charge >= 0.3 is 6.03 Å². The van der Waals surface area contributed by atoms with Crippen LogP contribution in [0.3, 0.4) is 0 Å². The zero-order chi connectivity index (χ0) is 19.2. The van der Waals surface area contributed by atoms with Gasteiger partial charge in [0, 0.05) is 0 Å². The van der Waals surface area contributed by atoms with Gasteiger partial charge in [-0.2, -0.15) is 5.10 Å². The molecule has 7 nitrogen and oxygen atoms in total. The molecule has 1 aliphatic heterocycles. The number of carbonyl (C=O) groups is 1. The number of urea groups is 1. The number of nitrogens with one attached hydrogen (secondary N) is 4. The average molecular weight is 408 g/mol. The summed E-state index contributed by atoms with van der Waals surface area (Å²) in [4.78, 5) is 11.3. The number of hydrogen-bond donors (Lipinski definition) is 4. The minimum absolute atomic E-state index is 0.0271. The number of halogens is 2. The molecule has 0 aliphatic carbocycles. The topological polar surface area (TPSA) is 86.8 Å². The van der Waals surface area contributed by atoms with E-state index in [4.69, 9.17) is 27.9 Å². The molecule has 0 radical (unpaired) electrons. The Hall–Kier alpha value is -2.48. The zero-order valence-corrected chi connectivity index (χ0v) is 16.0. The molecule has 4 N–H and O–H groups in total. The molecule has 1 fully saturated rings. The maximum atomic E-state index is 11.3. The maximum absolute atomic E-state index is 11.3. The van der Waals surface area contributed by atoms with Gasteiger partial charge in [0.15, 0.2) is 0 Å². The van der Waals surface area contributed by atoms with Crippen molar-refractivity contribution in [3.05, 3.63) is 63.6 Å². The number of hydrazine groups is 1. The molecule has 3 rings (SSSR count). The first kappa shape index (κ1) is 19.3. The highest BCUT2D eigenvalue weighted by Crippen LogP contribution is 2.23. The van der Waals surface area contributed by atoms with Crippen LogP contribution in [0.1, 0.15) is 18.1 Å². The molecule has 2 atom stereocenters. The third-order valence-corrected chi connectivity index (χ3v) is 4.61. The van der Waals surface area contributed by atoms with E-state index >= 15 is 0 Å². The van der Waals surface area contributed by atoms with E-state index in [1.165, 1.54) is 0 Å². The molecule has 0 spiro atoms. The van der Waals surface area contributed by atoms with Gasteiger partial charge < -0.3 is 10.1 Å². The van der Waals surface area contributed by atoms with Crippen LogP contribution in [-0.4, -0.2) is 24.5 Å². The van der Waals surface area contributed by atoms with E-state index in [1.807, 2.05) is 37.3 Å². The normalized spacial score (nSPS) is 19.4. The molecule has 2 aromatic rings. The Labute approximate surface area is 167 Å². The van der Waals surface area contributed by atoms with Crippen molar-refractivity contribution in [1.29, 1.82) is 0 Å². The molecule has 142 valence electrons. The molecule has 2 unspecified atom stereocenters. The number of carbonyl (C=O) groups excluding carboxylic acids is 1. The van der Waals surface area contributed by atoms with Crippen LogP contribution in [-0.2, 0) is 6.61 Å². The van der Waals surface area contributed by atoms with Crippen LogP contribution in [0, 0.1) is 0 Å². The summed E-state index contributed by atoms with van der Waals surface area (Å²) in [6.45, 7) is 2.29. The molecular formula is C18H19Cl2N5O2. The van der Waals surface area contributed by atoms with Crippen LogP contribution in [0.15, 0.2) is 47.6 Å². The number of hydrogen-bond acceptors (Lipinski definition) is 5. The van der Waals surface area contributed by atoms with E-state index in [0.29, 0.717) is 22.4 Å². The maximum Gasteiger partial charge on any atom is 0.330 e. The SMILES string of the molecule is CC1NNC(=O)NC1N/N=C/c1cccc(OCc2ccc(Cl)c(Cl)c2)c1. The molecule has 0 bridgehead atoms. The molecule has 1 heterocycles. The second kappa shape index (κ2) is 8.94. The summed E-state index contributed by atoms with van der Waals surface area (Å²) >= 11 is 11.9. The lowest BCUT2D eigenvalue weighted by atomic mass is 10.2.